The topological polar surface area (TPSA) is 164 Å². The first-order valence-corrected chi connectivity index (χ1v) is 15.2. The van der Waals surface area contributed by atoms with Crippen molar-refractivity contribution >= 4 is 29.0 Å². The number of hydrogen-bond donors (Lipinski definition) is 4. The van der Waals surface area contributed by atoms with Crippen molar-refractivity contribution in [2.45, 2.75) is 32.7 Å². The lowest BCUT2D eigenvalue weighted by Gasteiger charge is -2.28. The van der Waals surface area contributed by atoms with Crippen molar-refractivity contribution in [3.63, 3.8) is 0 Å². The third-order valence-corrected chi connectivity index (χ3v) is 7.54. The molecule has 12 nitrogen and oxygen atoms in total. The number of nitrogens with zero attached hydrogens (tertiary/aromatic N) is 2. The van der Waals surface area contributed by atoms with Gasteiger partial charge in [-0.1, -0.05) is 54.6 Å². The van der Waals surface area contributed by atoms with Crippen molar-refractivity contribution in [1.82, 2.24) is 16.1 Å². The minimum Gasteiger partial charge on any atom is -0.490 e. The van der Waals surface area contributed by atoms with E-state index in [9.17, 15) is 20.0 Å². The molecule has 4 aromatic rings. The summed E-state index contributed by atoms with van der Waals surface area (Å²) in [5, 5.41) is 31.6. The van der Waals surface area contributed by atoms with Crippen molar-refractivity contribution in [2.75, 3.05) is 20.3 Å². The first-order chi connectivity index (χ1) is 23.3. The summed E-state index contributed by atoms with van der Waals surface area (Å²) in [6, 6.07) is 24.8. The predicted molar refractivity (Wildman–Crippen MR) is 178 cm³/mol. The Morgan fingerprint density at radius 3 is 2.60 bits per heavy atom. The number of methoxy groups -OCH3 is 1. The zero-order valence-electron chi connectivity index (χ0n) is 26.7. The molecule has 4 aromatic carbocycles. The maximum absolute atomic E-state index is 12.5. The van der Waals surface area contributed by atoms with E-state index in [2.05, 4.69) is 27.2 Å². The number of carbonyl (C=O) groups is 2. The first-order valence-electron chi connectivity index (χ1n) is 15.2. The number of aliphatic hydroxyl groups is 1. The quantitative estimate of drug-likeness (QED) is 0.0689. The fourth-order valence-corrected chi connectivity index (χ4v) is 5.26. The number of esters is 1. The summed E-state index contributed by atoms with van der Waals surface area (Å²) in [7, 11) is 1.27. The lowest BCUT2D eigenvalue weighted by molar-refractivity contribution is -0.136. The van der Waals surface area contributed by atoms with Gasteiger partial charge >= 0.3 is 12.0 Å². The highest BCUT2D eigenvalue weighted by Gasteiger charge is 2.32. The standard InChI is InChI=1S/C36H35N5O7/c1-4-46-31-17-24(34-33(35(43)45-3)22(2)39-36(44)40-34)14-16-30(31)48-21-32(42)41-38-19-28-27-12-8-7-9-23(27)13-15-29(28)47-20-26-11-6-5-10-25(26)18-37/h5-17,19,32,34,41-42H,4,20-21H2,1-3H3,(H2,39,40,44)/b38-19+/t32-,34-/m0/s1. The molecule has 0 unspecified atom stereocenters. The fourth-order valence-electron chi connectivity index (χ4n) is 5.26. The number of allylic oxidation sites excluding steroid dienone is 1. The fraction of sp³-hybridized carbons (Fsp3) is 0.222. The summed E-state index contributed by atoms with van der Waals surface area (Å²) in [6.45, 7) is 3.76. The molecule has 2 amide bonds. The van der Waals surface area contributed by atoms with E-state index in [0.29, 0.717) is 46.2 Å². The van der Waals surface area contributed by atoms with Crippen LogP contribution < -0.4 is 30.3 Å². The van der Waals surface area contributed by atoms with Gasteiger partial charge in [-0.2, -0.15) is 10.4 Å². The largest absolute Gasteiger partial charge is 0.490 e. The molecule has 2 atom stereocenters. The van der Waals surface area contributed by atoms with E-state index in [1.54, 1.807) is 43.5 Å². The van der Waals surface area contributed by atoms with Crippen molar-refractivity contribution in [2.24, 2.45) is 5.10 Å². The maximum Gasteiger partial charge on any atom is 0.337 e. The van der Waals surface area contributed by atoms with Crippen LogP contribution in [0.4, 0.5) is 4.79 Å². The molecule has 0 saturated carbocycles. The van der Waals surface area contributed by atoms with Gasteiger partial charge < -0.3 is 34.7 Å². The van der Waals surface area contributed by atoms with Gasteiger partial charge in [0, 0.05) is 16.8 Å². The smallest absolute Gasteiger partial charge is 0.337 e. The van der Waals surface area contributed by atoms with Crippen molar-refractivity contribution in [3.05, 3.63) is 112 Å². The molecule has 1 heterocycles. The molecular formula is C36H35N5O7. The Kier molecular flexibility index (Phi) is 10.7. The maximum atomic E-state index is 12.5. The number of urea groups is 1. The number of ether oxygens (including phenoxy) is 4. The summed E-state index contributed by atoms with van der Waals surface area (Å²) in [6.07, 6.45) is 0.372. The number of hydrogen-bond acceptors (Lipinski definition) is 10. The Morgan fingerprint density at radius 1 is 1.04 bits per heavy atom. The normalized spacial score (nSPS) is 14.9. The predicted octanol–water partition coefficient (Wildman–Crippen LogP) is 4.81. The number of nitrogens with one attached hydrogen (secondary N) is 3. The van der Waals surface area contributed by atoms with E-state index in [-0.39, 0.29) is 18.8 Å². The van der Waals surface area contributed by atoms with Crippen LogP contribution in [-0.2, 0) is 16.1 Å². The van der Waals surface area contributed by atoms with Crippen LogP contribution in [0, 0.1) is 11.3 Å². The molecule has 4 N–H and O–H groups in total. The summed E-state index contributed by atoms with van der Waals surface area (Å²) in [5.74, 6) is 0.679. The average Bonchev–Trinajstić information content (AvgIpc) is 3.10. The molecule has 1 aliphatic heterocycles. The van der Waals surface area contributed by atoms with Gasteiger partial charge in [0.05, 0.1) is 43.2 Å². The minimum absolute atomic E-state index is 0.183. The molecule has 0 spiro atoms. The highest BCUT2D eigenvalue weighted by Crippen LogP contribution is 2.35. The minimum atomic E-state index is -1.20. The van der Waals surface area contributed by atoms with Gasteiger partial charge in [0.15, 0.2) is 17.7 Å². The second-order valence-corrected chi connectivity index (χ2v) is 10.7. The Balaban J connectivity index is 1.29. The van der Waals surface area contributed by atoms with Gasteiger partial charge in [-0.05, 0) is 54.4 Å². The molecular weight excluding hydrogens is 614 g/mol. The number of carbonyl (C=O) groups excluding carboxylic acids is 2. The Morgan fingerprint density at radius 2 is 1.81 bits per heavy atom. The van der Waals surface area contributed by atoms with Crippen LogP contribution in [0.2, 0.25) is 0 Å². The molecule has 0 aromatic heterocycles. The molecule has 48 heavy (non-hydrogen) atoms. The van der Waals surface area contributed by atoms with Crippen LogP contribution in [0.1, 0.15) is 42.1 Å². The molecule has 1 aliphatic rings. The third kappa shape index (κ3) is 7.66. The Hall–Kier alpha value is -6.06. The van der Waals surface area contributed by atoms with Crippen LogP contribution in [-0.4, -0.2) is 49.9 Å². The summed E-state index contributed by atoms with van der Waals surface area (Å²) in [5.41, 5.74) is 5.90. The van der Waals surface area contributed by atoms with E-state index in [1.807, 2.05) is 55.5 Å². The Labute approximate surface area is 277 Å². The zero-order valence-corrected chi connectivity index (χ0v) is 26.7. The number of hydrazone groups is 1. The molecule has 246 valence electrons. The van der Waals surface area contributed by atoms with Crippen LogP contribution in [0.3, 0.4) is 0 Å². The second kappa shape index (κ2) is 15.5. The molecule has 0 bridgehead atoms. The number of fused-ring (bicyclic) bond motifs is 1. The number of amides is 2. The number of rotatable bonds is 13. The van der Waals surface area contributed by atoms with Gasteiger partial charge in [-0.15, -0.1) is 0 Å². The third-order valence-electron chi connectivity index (χ3n) is 7.54. The van der Waals surface area contributed by atoms with E-state index in [4.69, 9.17) is 18.9 Å². The summed E-state index contributed by atoms with van der Waals surface area (Å²) < 4.78 is 22.7. The van der Waals surface area contributed by atoms with Gasteiger partial charge in [0.1, 0.15) is 19.0 Å². The average molecular weight is 650 g/mol. The van der Waals surface area contributed by atoms with E-state index in [0.717, 1.165) is 16.3 Å². The highest BCUT2D eigenvalue weighted by molar-refractivity contribution is 6.02. The second-order valence-electron chi connectivity index (χ2n) is 10.7. The Bertz CT molecular complexity index is 1920. The molecule has 12 heteroatoms. The van der Waals surface area contributed by atoms with Crippen LogP contribution >= 0.6 is 0 Å². The van der Waals surface area contributed by atoms with E-state index < -0.39 is 24.3 Å². The lowest BCUT2D eigenvalue weighted by Crippen LogP contribution is -2.45. The molecule has 0 aliphatic carbocycles. The van der Waals surface area contributed by atoms with Gasteiger partial charge in [-0.25, -0.2) is 9.59 Å². The number of nitriles is 1. The van der Waals surface area contributed by atoms with Crippen LogP contribution in [0.5, 0.6) is 17.2 Å². The van der Waals surface area contributed by atoms with Crippen molar-refractivity contribution in [3.8, 4) is 23.3 Å². The highest BCUT2D eigenvalue weighted by atomic mass is 16.5. The monoisotopic (exact) mass is 649 g/mol. The van der Waals surface area contributed by atoms with E-state index in [1.165, 1.54) is 7.11 Å². The van der Waals surface area contributed by atoms with Crippen molar-refractivity contribution < 1.29 is 33.6 Å². The van der Waals surface area contributed by atoms with Gasteiger partial charge in [-0.3, -0.25) is 5.43 Å². The van der Waals surface area contributed by atoms with Crippen molar-refractivity contribution in [1.29, 1.82) is 5.26 Å². The summed E-state index contributed by atoms with van der Waals surface area (Å²) >= 11 is 0. The molecule has 5 rings (SSSR count). The van der Waals surface area contributed by atoms with Gasteiger partial charge in [0.25, 0.3) is 0 Å². The molecule has 0 radical (unpaired) electrons. The lowest BCUT2D eigenvalue weighted by atomic mass is 9.95. The summed E-state index contributed by atoms with van der Waals surface area (Å²) in [4.78, 5) is 24.7. The van der Waals surface area contributed by atoms with Crippen LogP contribution in [0.15, 0.2) is 95.2 Å². The van der Waals surface area contributed by atoms with Crippen LogP contribution in [0.25, 0.3) is 10.8 Å². The zero-order chi connectivity index (χ0) is 34.0. The molecule has 0 saturated heterocycles. The first kappa shape index (κ1) is 33.3. The van der Waals surface area contributed by atoms with Gasteiger partial charge in [0.2, 0.25) is 0 Å². The number of benzene rings is 4. The number of aliphatic hydroxyl groups excluding tert-OH is 1. The molecule has 0 fully saturated rings. The van der Waals surface area contributed by atoms with E-state index >= 15 is 0 Å². The SMILES string of the molecule is CCOc1cc([C@@H]2NC(=O)NC(C)=C2C(=O)OC)ccc1OC[C@H](O)N/N=C/c1c(OCc2ccccc2C#N)ccc2ccccc12.